The molecule has 25 heavy (non-hydrogen) atoms. The zero-order chi connectivity index (χ0) is 18.4. The van der Waals surface area contributed by atoms with Crippen molar-refractivity contribution < 1.29 is 27.5 Å². The van der Waals surface area contributed by atoms with Crippen LogP contribution < -0.4 is 15.8 Å². The normalized spacial score (nSPS) is 11.0. The fourth-order valence-electron chi connectivity index (χ4n) is 1.93. The molecule has 0 saturated heterocycles. The number of carbonyl (C=O) groups excluding carboxylic acids is 2. The van der Waals surface area contributed by atoms with E-state index in [0.717, 1.165) is 12.1 Å². The fourth-order valence-corrected chi connectivity index (χ4v) is 1.93. The number of nitrogens with one attached hydrogen (secondary N) is 1. The van der Waals surface area contributed by atoms with Crippen molar-refractivity contribution in [2.75, 3.05) is 6.54 Å². The average Bonchev–Trinajstić information content (AvgIpc) is 2.58. The van der Waals surface area contributed by atoms with Gasteiger partial charge in [-0.25, -0.2) is 0 Å². The number of rotatable bonds is 6. The summed E-state index contributed by atoms with van der Waals surface area (Å²) in [6.07, 6.45) is -4.37. The number of amides is 2. The molecule has 0 aliphatic rings. The second kappa shape index (κ2) is 7.69. The van der Waals surface area contributed by atoms with Crippen LogP contribution in [0.2, 0.25) is 0 Å². The van der Waals surface area contributed by atoms with Crippen molar-refractivity contribution in [3.63, 3.8) is 0 Å². The molecule has 0 aromatic heterocycles. The molecule has 2 aromatic rings. The first-order valence-electron chi connectivity index (χ1n) is 7.21. The molecule has 0 unspecified atom stereocenters. The smallest absolute Gasteiger partial charge is 0.416 e. The van der Waals surface area contributed by atoms with Crippen LogP contribution in [0.4, 0.5) is 13.2 Å². The third-order valence-corrected chi connectivity index (χ3v) is 3.23. The van der Waals surface area contributed by atoms with Crippen LogP contribution in [0.25, 0.3) is 0 Å². The van der Waals surface area contributed by atoms with Crippen LogP contribution in [0.1, 0.15) is 21.5 Å². The van der Waals surface area contributed by atoms with Crippen LogP contribution in [0.5, 0.6) is 5.75 Å². The third-order valence-electron chi connectivity index (χ3n) is 3.23. The van der Waals surface area contributed by atoms with Gasteiger partial charge < -0.3 is 15.8 Å². The summed E-state index contributed by atoms with van der Waals surface area (Å²) < 4.78 is 42.9. The van der Waals surface area contributed by atoms with E-state index in [-0.39, 0.29) is 13.2 Å². The van der Waals surface area contributed by atoms with E-state index < -0.39 is 23.6 Å². The molecule has 0 fully saturated rings. The van der Waals surface area contributed by atoms with Gasteiger partial charge in [0.2, 0.25) is 5.91 Å². The molecular weight excluding hydrogens is 337 g/mol. The topological polar surface area (TPSA) is 81.4 Å². The molecule has 2 rings (SSSR count). The van der Waals surface area contributed by atoms with E-state index in [4.69, 9.17) is 10.5 Å². The van der Waals surface area contributed by atoms with E-state index >= 15 is 0 Å². The average molecular weight is 352 g/mol. The molecule has 0 aliphatic carbocycles. The van der Waals surface area contributed by atoms with Gasteiger partial charge in [0, 0.05) is 5.56 Å². The summed E-state index contributed by atoms with van der Waals surface area (Å²) in [6.45, 7) is -0.170. The predicted octanol–water partition coefficient (Wildman–Crippen LogP) is 2.50. The predicted molar refractivity (Wildman–Crippen MR) is 83.7 cm³/mol. The van der Waals surface area contributed by atoms with E-state index in [9.17, 15) is 22.8 Å². The molecule has 132 valence electrons. The van der Waals surface area contributed by atoms with Crippen LogP contribution in [0.15, 0.2) is 48.5 Å². The van der Waals surface area contributed by atoms with Gasteiger partial charge in [0.25, 0.3) is 5.91 Å². The van der Waals surface area contributed by atoms with Crippen LogP contribution >= 0.6 is 0 Å². The highest BCUT2D eigenvalue weighted by atomic mass is 19.4. The molecule has 0 bridgehead atoms. The maximum atomic E-state index is 12.5. The van der Waals surface area contributed by atoms with Gasteiger partial charge in [0.1, 0.15) is 12.4 Å². The Bertz CT molecular complexity index is 741. The molecule has 3 N–H and O–H groups in total. The monoisotopic (exact) mass is 352 g/mol. The van der Waals surface area contributed by atoms with Crippen molar-refractivity contribution in [1.29, 1.82) is 0 Å². The molecule has 0 aliphatic heterocycles. The first-order chi connectivity index (χ1) is 11.8. The van der Waals surface area contributed by atoms with Gasteiger partial charge in [0.05, 0.1) is 12.1 Å². The third kappa shape index (κ3) is 5.52. The molecule has 0 saturated carbocycles. The van der Waals surface area contributed by atoms with Crippen molar-refractivity contribution in [1.82, 2.24) is 5.32 Å². The highest BCUT2D eigenvalue weighted by molar-refractivity contribution is 5.96. The number of benzene rings is 2. The number of carbonyl (C=O) groups is 2. The molecular formula is C17H15F3N2O3. The SMILES string of the molecule is NC(=O)CNC(=O)c1ccc(OCc2ccc(C(F)(F)F)cc2)cc1. The molecule has 0 atom stereocenters. The Balaban J connectivity index is 1.91. The Labute approximate surface area is 141 Å². The van der Waals surface area contributed by atoms with E-state index in [0.29, 0.717) is 16.9 Å². The van der Waals surface area contributed by atoms with Gasteiger partial charge in [-0.15, -0.1) is 0 Å². The quantitative estimate of drug-likeness (QED) is 0.838. The largest absolute Gasteiger partial charge is 0.489 e. The molecule has 2 aromatic carbocycles. The molecule has 0 spiro atoms. The first-order valence-corrected chi connectivity index (χ1v) is 7.21. The van der Waals surface area contributed by atoms with Gasteiger partial charge >= 0.3 is 6.18 Å². The summed E-state index contributed by atoms with van der Waals surface area (Å²) in [5, 5.41) is 2.35. The number of halogens is 3. The summed E-state index contributed by atoms with van der Waals surface area (Å²) in [4.78, 5) is 22.3. The number of primary amides is 1. The number of hydrogen-bond donors (Lipinski definition) is 2. The molecule has 2 amide bonds. The summed E-state index contributed by atoms with van der Waals surface area (Å²) >= 11 is 0. The van der Waals surface area contributed by atoms with Crippen molar-refractivity contribution in [2.24, 2.45) is 5.73 Å². The number of ether oxygens (including phenoxy) is 1. The lowest BCUT2D eigenvalue weighted by atomic mass is 10.1. The Kier molecular flexibility index (Phi) is 5.63. The molecule has 5 nitrogen and oxygen atoms in total. The second-order valence-corrected chi connectivity index (χ2v) is 5.16. The van der Waals surface area contributed by atoms with E-state index in [2.05, 4.69) is 5.32 Å². The highest BCUT2D eigenvalue weighted by Gasteiger charge is 2.29. The van der Waals surface area contributed by atoms with E-state index in [1.54, 1.807) is 12.1 Å². The minimum Gasteiger partial charge on any atom is -0.489 e. The minimum absolute atomic E-state index is 0.0886. The standard InChI is InChI=1S/C17H15F3N2O3/c18-17(19,20)13-5-1-11(2-6-13)10-25-14-7-3-12(4-8-14)16(24)22-9-15(21)23/h1-8H,9-10H2,(H2,21,23)(H,22,24). The Morgan fingerprint density at radius 2 is 1.60 bits per heavy atom. The van der Waals surface area contributed by atoms with Gasteiger partial charge in [-0.05, 0) is 42.0 Å². The lowest BCUT2D eigenvalue weighted by Gasteiger charge is -2.09. The number of nitrogens with two attached hydrogens (primary N) is 1. The number of hydrogen-bond acceptors (Lipinski definition) is 3. The minimum atomic E-state index is -4.37. The van der Waals surface area contributed by atoms with Crippen LogP contribution in [-0.4, -0.2) is 18.4 Å². The Morgan fingerprint density at radius 3 is 2.12 bits per heavy atom. The summed E-state index contributed by atoms with van der Waals surface area (Å²) in [5.41, 5.74) is 5.12. The lowest BCUT2D eigenvalue weighted by Crippen LogP contribution is -2.33. The van der Waals surface area contributed by atoms with Gasteiger partial charge in [-0.1, -0.05) is 12.1 Å². The van der Waals surface area contributed by atoms with Crippen LogP contribution in [0, 0.1) is 0 Å². The van der Waals surface area contributed by atoms with Gasteiger partial charge in [-0.2, -0.15) is 13.2 Å². The van der Waals surface area contributed by atoms with Gasteiger partial charge in [-0.3, -0.25) is 9.59 Å². The lowest BCUT2D eigenvalue weighted by molar-refractivity contribution is -0.137. The summed E-state index contributed by atoms with van der Waals surface area (Å²) in [6, 6.07) is 10.8. The second-order valence-electron chi connectivity index (χ2n) is 5.16. The Hall–Kier alpha value is -3.03. The van der Waals surface area contributed by atoms with Gasteiger partial charge in [0.15, 0.2) is 0 Å². The number of alkyl halides is 3. The van der Waals surface area contributed by atoms with Crippen molar-refractivity contribution >= 4 is 11.8 Å². The summed E-state index contributed by atoms with van der Waals surface area (Å²) in [7, 11) is 0. The molecule has 8 heteroatoms. The van der Waals surface area contributed by atoms with Crippen molar-refractivity contribution in [3.05, 3.63) is 65.2 Å². The Morgan fingerprint density at radius 1 is 1.00 bits per heavy atom. The first kappa shape index (κ1) is 18.3. The molecule has 0 radical (unpaired) electrons. The van der Waals surface area contributed by atoms with Crippen molar-refractivity contribution in [3.8, 4) is 5.75 Å². The maximum Gasteiger partial charge on any atom is 0.416 e. The highest BCUT2D eigenvalue weighted by Crippen LogP contribution is 2.29. The van der Waals surface area contributed by atoms with Crippen LogP contribution in [-0.2, 0) is 17.6 Å². The fraction of sp³-hybridized carbons (Fsp3) is 0.176. The summed E-state index contributed by atoms with van der Waals surface area (Å²) in [5.74, 6) is -0.649. The zero-order valence-electron chi connectivity index (χ0n) is 13.0. The van der Waals surface area contributed by atoms with E-state index in [1.165, 1.54) is 24.3 Å². The van der Waals surface area contributed by atoms with E-state index in [1.807, 2.05) is 0 Å². The maximum absolute atomic E-state index is 12.5. The van der Waals surface area contributed by atoms with Crippen LogP contribution in [0.3, 0.4) is 0 Å². The van der Waals surface area contributed by atoms with Crippen molar-refractivity contribution in [2.45, 2.75) is 12.8 Å². The molecule has 0 heterocycles. The zero-order valence-corrected chi connectivity index (χ0v) is 13.0.